The highest BCUT2D eigenvalue weighted by Crippen LogP contribution is 2.34. The summed E-state index contributed by atoms with van der Waals surface area (Å²) in [6, 6.07) is 4.98. The molecule has 19 heavy (non-hydrogen) atoms. The van der Waals surface area contributed by atoms with Crippen molar-refractivity contribution in [2.45, 2.75) is 26.9 Å². The molecule has 0 aromatic heterocycles. The van der Waals surface area contributed by atoms with Gasteiger partial charge >= 0.3 is 0 Å². The number of rotatable bonds is 4. The second kappa shape index (κ2) is 5.57. The topological polar surface area (TPSA) is 66.6 Å². The van der Waals surface area contributed by atoms with Gasteiger partial charge in [0.15, 0.2) is 0 Å². The first-order valence-corrected chi connectivity index (χ1v) is 6.66. The molecule has 0 spiro atoms. The van der Waals surface area contributed by atoms with Crippen LogP contribution in [0.3, 0.4) is 0 Å². The predicted molar refractivity (Wildman–Crippen MR) is 74.2 cm³/mol. The number of nitro groups is 1. The summed E-state index contributed by atoms with van der Waals surface area (Å²) in [5.41, 5.74) is 1.34. The van der Waals surface area contributed by atoms with Crippen LogP contribution in [0.5, 0.6) is 0 Å². The highest BCUT2D eigenvalue weighted by atomic mass is 16.6. The van der Waals surface area contributed by atoms with Crippen molar-refractivity contribution < 1.29 is 10.0 Å². The van der Waals surface area contributed by atoms with Crippen LogP contribution in [0.4, 0.5) is 11.4 Å². The molecule has 1 heterocycles. The van der Waals surface area contributed by atoms with Gasteiger partial charge in [-0.15, -0.1) is 0 Å². The summed E-state index contributed by atoms with van der Waals surface area (Å²) in [5, 5.41) is 20.2. The monoisotopic (exact) mass is 264 g/mol. The maximum Gasteiger partial charge on any atom is 0.292 e. The van der Waals surface area contributed by atoms with Gasteiger partial charge in [-0.2, -0.15) is 0 Å². The van der Waals surface area contributed by atoms with Gasteiger partial charge < -0.3 is 10.0 Å². The molecule has 0 bridgehead atoms. The van der Waals surface area contributed by atoms with E-state index in [4.69, 9.17) is 5.11 Å². The fraction of sp³-hybridized carbons (Fsp3) is 0.571. The highest BCUT2D eigenvalue weighted by molar-refractivity contribution is 5.64. The number of hydrogen-bond acceptors (Lipinski definition) is 4. The minimum Gasteiger partial charge on any atom is -0.392 e. The van der Waals surface area contributed by atoms with Gasteiger partial charge in [-0.3, -0.25) is 10.1 Å². The first-order chi connectivity index (χ1) is 9.02. The van der Waals surface area contributed by atoms with Crippen LogP contribution in [0.15, 0.2) is 18.2 Å². The Morgan fingerprint density at radius 3 is 2.79 bits per heavy atom. The molecular formula is C14H20N2O3. The van der Waals surface area contributed by atoms with E-state index in [1.54, 1.807) is 12.1 Å². The number of benzene rings is 1. The minimum atomic E-state index is -0.364. The number of hydrogen-bond donors (Lipinski definition) is 1. The zero-order valence-electron chi connectivity index (χ0n) is 11.4. The van der Waals surface area contributed by atoms with Crippen molar-refractivity contribution in [2.24, 2.45) is 11.8 Å². The molecule has 5 heteroatoms. The van der Waals surface area contributed by atoms with Crippen molar-refractivity contribution in [3.8, 4) is 0 Å². The number of aliphatic hydroxyl groups is 1. The molecule has 1 N–H and O–H groups in total. The van der Waals surface area contributed by atoms with Crippen LogP contribution in [-0.4, -0.2) is 23.1 Å². The molecule has 0 saturated carbocycles. The van der Waals surface area contributed by atoms with E-state index in [1.807, 2.05) is 0 Å². The summed E-state index contributed by atoms with van der Waals surface area (Å²) in [7, 11) is 0. The average molecular weight is 264 g/mol. The number of aliphatic hydroxyl groups excluding tert-OH is 1. The summed E-state index contributed by atoms with van der Waals surface area (Å²) in [6.45, 7) is 5.95. The second-order valence-corrected chi connectivity index (χ2v) is 5.48. The Morgan fingerprint density at radius 2 is 2.26 bits per heavy atom. The fourth-order valence-electron chi connectivity index (χ4n) is 2.63. The molecule has 0 radical (unpaired) electrons. The molecule has 5 nitrogen and oxygen atoms in total. The van der Waals surface area contributed by atoms with Crippen molar-refractivity contribution >= 4 is 11.4 Å². The lowest BCUT2D eigenvalue weighted by atomic mass is 9.95. The molecule has 2 rings (SSSR count). The quantitative estimate of drug-likeness (QED) is 0.670. The van der Waals surface area contributed by atoms with Crippen LogP contribution < -0.4 is 4.90 Å². The Balaban J connectivity index is 2.27. The van der Waals surface area contributed by atoms with Crippen molar-refractivity contribution in [2.75, 3.05) is 18.0 Å². The Morgan fingerprint density at radius 1 is 1.53 bits per heavy atom. The number of anilines is 1. The summed E-state index contributed by atoms with van der Waals surface area (Å²) < 4.78 is 0. The standard InChI is InChI=1S/C14H20N2O3/c1-10(2)12-5-6-15(8-12)13-4-3-11(9-17)7-14(13)16(18)19/h3-4,7,10,12,17H,5-6,8-9H2,1-2H3. The van der Waals surface area contributed by atoms with Crippen molar-refractivity contribution in [3.05, 3.63) is 33.9 Å². The molecular weight excluding hydrogens is 244 g/mol. The van der Waals surface area contributed by atoms with E-state index >= 15 is 0 Å². The van der Waals surface area contributed by atoms with Gasteiger partial charge in [-0.05, 0) is 29.9 Å². The minimum absolute atomic E-state index is 0.0935. The van der Waals surface area contributed by atoms with E-state index in [1.165, 1.54) is 6.07 Å². The molecule has 1 unspecified atom stereocenters. The smallest absolute Gasteiger partial charge is 0.292 e. The third kappa shape index (κ3) is 2.87. The normalized spacial score (nSPS) is 19.2. The zero-order chi connectivity index (χ0) is 14.0. The molecule has 0 amide bonds. The van der Waals surface area contributed by atoms with E-state index in [0.717, 1.165) is 19.5 Å². The van der Waals surface area contributed by atoms with Gasteiger partial charge in [0.2, 0.25) is 0 Å². The van der Waals surface area contributed by atoms with Crippen LogP contribution >= 0.6 is 0 Å². The van der Waals surface area contributed by atoms with Crippen LogP contribution in [0, 0.1) is 22.0 Å². The Labute approximate surface area is 113 Å². The summed E-state index contributed by atoms with van der Waals surface area (Å²) in [4.78, 5) is 12.9. The van der Waals surface area contributed by atoms with Crippen molar-refractivity contribution in [1.82, 2.24) is 0 Å². The maximum absolute atomic E-state index is 11.2. The highest BCUT2D eigenvalue weighted by Gasteiger charge is 2.29. The lowest BCUT2D eigenvalue weighted by Crippen LogP contribution is -2.22. The third-order valence-corrected chi connectivity index (χ3v) is 3.93. The zero-order valence-corrected chi connectivity index (χ0v) is 11.4. The largest absolute Gasteiger partial charge is 0.392 e. The number of nitrogens with zero attached hydrogens (tertiary/aromatic N) is 2. The molecule has 1 aromatic carbocycles. The van der Waals surface area contributed by atoms with Gasteiger partial charge in [-0.25, -0.2) is 0 Å². The van der Waals surface area contributed by atoms with Crippen LogP contribution in [0.1, 0.15) is 25.8 Å². The van der Waals surface area contributed by atoms with E-state index in [0.29, 0.717) is 23.1 Å². The molecule has 1 aliphatic heterocycles. The fourth-order valence-corrected chi connectivity index (χ4v) is 2.63. The summed E-state index contributed by atoms with van der Waals surface area (Å²) in [5.74, 6) is 1.19. The van der Waals surface area contributed by atoms with Gasteiger partial charge in [0, 0.05) is 19.2 Å². The van der Waals surface area contributed by atoms with Crippen LogP contribution in [0.25, 0.3) is 0 Å². The van der Waals surface area contributed by atoms with Crippen molar-refractivity contribution in [3.63, 3.8) is 0 Å². The van der Waals surface area contributed by atoms with Crippen LogP contribution in [-0.2, 0) is 6.61 Å². The maximum atomic E-state index is 11.2. The summed E-state index contributed by atoms with van der Waals surface area (Å²) >= 11 is 0. The molecule has 1 atom stereocenters. The second-order valence-electron chi connectivity index (χ2n) is 5.48. The van der Waals surface area contributed by atoms with Gasteiger partial charge in [-0.1, -0.05) is 19.9 Å². The van der Waals surface area contributed by atoms with Gasteiger partial charge in [0.1, 0.15) is 5.69 Å². The van der Waals surface area contributed by atoms with Crippen LogP contribution in [0.2, 0.25) is 0 Å². The Bertz CT molecular complexity index is 474. The first kappa shape index (κ1) is 13.8. The molecule has 0 aliphatic carbocycles. The van der Waals surface area contributed by atoms with Gasteiger partial charge in [0.25, 0.3) is 5.69 Å². The summed E-state index contributed by atoms with van der Waals surface area (Å²) in [6.07, 6.45) is 1.08. The SMILES string of the molecule is CC(C)C1CCN(c2ccc(CO)cc2[N+](=O)[O-])C1. The van der Waals surface area contributed by atoms with Gasteiger partial charge in [0.05, 0.1) is 11.5 Å². The molecule has 1 aliphatic rings. The van der Waals surface area contributed by atoms with E-state index in [-0.39, 0.29) is 17.2 Å². The molecule has 104 valence electrons. The predicted octanol–water partition coefficient (Wildman–Crippen LogP) is 2.57. The van der Waals surface area contributed by atoms with E-state index in [2.05, 4.69) is 18.7 Å². The lowest BCUT2D eigenvalue weighted by Gasteiger charge is -2.20. The van der Waals surface area contributed by atoms with E-state index < -0.39 is 0 Å². The lowest BCUT2D eigenvalue weighted by molar-refractivity contribution is -0.384. The molecule has 1 saturated heterocycles. The average Bonchev–Trinajstić information content (AvgIpc) is 2.87. The number of nitro benzene ring substituents is 1. The van der Waals surface area contributed by atoms with E-state index in [9.17, 15) is 10.1 Å². The Hall–Kier alpha value is -1.62. The van der Waals surface area contributed by atoms with Crippen molar-refractivity contribution in [1.29, 1.82) is 0 Å². The first-order valence-electron chi connectivity index (χ1n) is 6.66. The third-order valence-electron chi connectivity index (χ3n) is 3.93. The molecule has 1 aromatic rings. The Kier molecular flexibility index (Phi) is 4.04. The molecule has 1 fully saturated rings.